The van der Waals surface area contributed by atoms with Crippen LogP contribution in [0.25, 0.3) is 15.9 Å². The van der Waals surface area contributed by atoms with Crippen LogP contribution in [-0.4, -0.2) is 14.5 Å². The zero-order valence-corrected chi connectivity index (χ0v) is 11.0. The van der Waals surface area contributed by atoms with Crippen LogP contribution in [0.1, 0.15) is 5.69 Å². The molecule has 0 aliphatic rings. The number of halogens is 2. The lowest BCUT2D eigenvalue weighted by atomic mass is 10.3. The quantitative estimate of drug-likeness (QED) is 0.671. The number of aromatic nitrogens is 3. The number of pyridine rings is 1. The van der Waals surface area contributed by atoms with Gasteiger partial charge in [0.05, 0.1) is 29.8 Å². The molecule has 0 saturated heterocycles. The van der Waals surface area contributed by atoms with E-state index in [4.69, 9.17) is 18.2 Å². The standard InChI is InChI=1S/C14H8ClFN4/c1-17-10-3-4-11(18-7-10)8-20-13-6-9(16)2-5-12(13)19-14(20)15/h2-7H,8H2. The molecule has 6 heteroatoms. The Balaban J connectivity index is 2.03. The second kappa shape index (κ2) is 4.91. The zero-order chi connectivity index (χ0) is 14.1. The summed E-state index contributed by atoms with van der Waals surface area (Å²) in [5.41, 5.74) is 2.45. The summed E-state index contributed by atoms with van der Waals surface area (Å²) in [6, 6.07) is 7.75. The van der Waals surface area contributed by atoms with E-state index in [2.05, 4.69) is 14.8 Å². The van der Waals surface area contributed by atoms with Crippen LogP contribution < -0.4 is 0 Å². The Morgan fingerprint density at radius 1 is 1.30 bits per heavy atom. The van der Waals surface area contributed by atoms with Gasteiger partial charge in [-0.3, -0.25) is 4.98 Å². The Morgan fingerprint density at radius 3 is 2.85 bits per heavy atom. The fourth-order valence-corrected chi connectivity index (χ4v) is 2.20. The Bertz CT molecular complexity index is 818. The highest BCUT2D eigenvalue weighted by Gasteiger charge is 2.10. The van der Waals surface area contributed by atoms with Gasteiger partial charge in [-0.1, -0.05) is 6.07 Å². The lowest BCUT2D eigenvalue weighted by Gasteiger charge is -2.05. The van der Waals surface area contributed by atoms with Crippen LogP contribution in [0.2, 0.25) is 5.28 Å². The van der Waals surface area contributed by atoms with E-state index in [9.17, 15) is 4.39 Å². The molecular weight excluding hydrogens is 279 g/mol. The Labute approximate surface area is 119 Å². The second-order valence-corrected chi connectivity index (χ2v) is 4.56. The van der Waals surface area contributed by atoms with Gasteiger partial charge in [-0.2, -0.15) is 0 Å². The van der Waals surface area contributed by atoms with Crippen molar-refractivity contribution in [2.24, 2.45) is 0 Å². The largest absolute Gasteiger partial charge is 0.308 e. The smallest absolute Gasteiger partial charge is 0.205 e. The number of imidazole rings is 1. The molecule has 0 saturated carbocycles. The SMILES string of the molecule is [C-]#[N+]c1ccc(Cn2c(Cl)nc3ccc(F)cc32)nc1. The van der Waals surface area contributed by atoms with Gasteiger partial charge >= 0.3 is 0 Å². The summed E-state index contributed by atoms with van der Waals surface area (Å²) in [5.74, 6) is -0.341. The minimum atomic E-state index is -0.341. The van der Waals surface area contributed by atoms with Crippen molar-refractivity contribution in [2.75, 3.05) is 0 Å². The molecule has 2 aromatic heterocycles. The third-order valence-corrected chi connectivity index (χ3v) is 3.21. The summed E-state index contributed by atoms with van der Waals surface area (Å²) in [5, 5.41) is 0.279. The van der Waals surface area contributed by atoms with Crippen molar-refractivity contribution in [1.29, 1.82) is 0 Å². The van der Waals surface area contributed by atoms with Crippen LogP contribution in [0.5, 0.6) is 0 Å². The minimum absolute atomic E-state index is 0.279. The molecule has 3 rings (SSSR count). The van der Waals surface area contributed by atoms with Gasteiger partial charge in [-0.25, -0.2) is 14.2 Å². The van der Waals surface area contributed by atoms with E-state index in [0.29, 0.717) is 23.3 Å². The number of benzene rings is 1. The van der Waals surface area contributed by atoms with Gasteiger partial charge < -0.3 is 4.57 Å². The molecule has 0 aliphatic carbocycles. The molecule has 1 aromatic carbocycles. The van der Waals surface area contributed by atoms with Crippen molar-refractivity contribution < 1.29 is 4.39 Å². The van der Waals surface area contributed by atoms with E-state index in [1.165, 1.54) is 18.3 Å². The highest BCUT2D eigenvalue weighted by Crippen LogP contribution is 2.22. The second-order valence-electron chi connectivity index (χ2n) is 4.22. The van der Waals surface area contributed by atoms with Gasteiger partial charge in [0, 0.05) is 6.20 Å². The lowest BCUT2D eigenvalue weighted by molar-refractivity contribution is 0.628. The number of rotatable bonds is 2. The van der Waals surface area contributed by atoms with Crippen molar-refractivity contribution in [2.45, 2.75) is 6.54 Å². The van der Waals surface area contributed by atoms with E-state index in [1.54, 1.807) is 22.8 Å². The molecule has 0 N–H and O–H groups in total. The number of hydrogen-bond donors (Lipinski definition) is 0. The van der Waals surface area contributed by atoms with Crippen LogP contribution in [-0.2, 0) is 6.54 Å². The summed E-state index contributed by atoms with van der Waals surface area (Å²) in [4.78, 5) is 11.6. The topological polar surface area (TPSA) is 35.1 Å². The normalized spacial score (nSPS) is 10.7. The van der Waals surface area contributed by atoms with Crippen LogP contribution in [0.15, 0.2) is 36.5 Å². The van der Waals surface area contributed by atoms with Crippen LogP contribution in [0.3, 0.4) is 0 Å². The van der Waals surface area contributed by atoms with E-state index in [1.807, 2.05) is 0 Å². The Kier molecular flexibility index (Phi) is 3.09. The van der Waals surface area contributed by atoms with Crippen LogP contribution in [0, 0.1) is 12.4 Å². The molecule has 0 unspecified atom stereocenters. The van der Waals surface area contributed by atoms with Gasteiger partial charge in [0.15, 0.2) is 0 Å². The molecule has 2 heterocycles. The summed E-state index contributed by atoms with van der Waals surface area (Å²) in [6.45, 7) is 7.26. The van der Waals surface area contributed by atoms with Crippen molar-refractivity contribution in [3.8, 4) is 0 Å². The maximum absolute atomic E-state index is 13.3. The van der Waals surface area contributed by atoms with E-state index >= 15 is 0 Å². The molecule has 0 spiro atoms. The molecule has 20 heavy (non-hydrogen) atoms. The van der Waals surface area contributed by atoms with Crippen molar-refractivity contribution in [3.63, 3.8) is 0 Å². The van der Waals surface area contributed by atoms with Gasteiger partial charge in [0.25, 0.3) is 0 Å². The van der Waals surface area contributed by atoms with Gasteiger partial charge in [0.2, 0.25) is 11.0 Å². The summed E-state index contributed by atoms with van der Waals surface area (Å²) >= 11 is 6.08. The monoisotopic (exact) mass is 286 g/mol. The summed E-state index contributed by atoms with van der Waals surface area (Å²) in [7, 11) is 0. The number of hydrogen-bond acceptors (Lipinski definition) is 2. The first-order chi connectivity index (χ1) is 9.67. The first-order valence-electron chi connectivity index (χ1n) is 5.81. The fraction of sp³-hybridized carbons (Fsp3) is 0.0714. The summed E-state index contributed by atoms with van der Waals surface area (Å²) < 4.78 is 15.0. The molecule has 0 amide bonds. The van der Waals surface area contributed by atoms with Crippen molar-refractivity contribution in [3.05, 3.63) is 64.7 Å². The maximum Gasteiger partial charge on any atom is 0.205 e. The lowest BCUT2D eigenvalue weighted by Crippen LogP contribution is -2.01. The average molecular weight is 287 g/mol. The average Bonchev–Trinajstić information content (AvgIpc) is 2.76. The molecule has 4 nitrogen and oxygen atoms in total. The molecule has 0 aliphatic heterocycles. The fourth-order valence-electron chi connectivity index (χ4n) is 1.96. The minimum Gasteiger partial charge on any atom is -0.308 e. The van der Waals surface area contributed by atoms with Gasteiger partial charge in [-0.05, 0) is 35.9 Å². The van der Waals surface area contributed by atoms with E-state index < -0.39 is 0 Å². The van der Waals surface area contributed by atoms with Gasteiger partial charge in [-0.15, -0.1) is 0 Å². The van der Waals surface area contributed by atoms with E-state index in [-0.39, 0.29) is 11.1 Å². The highest BCUT2D eigenvalue weighted by atomic mass is 35.5. The predicted octanol–water partition coefficient (Wildman–Crippen LogP) is 3.82. The van der Waals surface area contributed by atoms with Crippen molar-refractivity contribution in [1.82, 2.24) is 14.5 Å². The Morgan fingerprint density at radius 2 is 2.15 bits per heavy atom. The molecular formula is C14H8ClFN4. The zero-order valence-electron chi connectivity index (χ0n) is 10.2. The third kappa shape index (κ3) is 2.22. The molecule has 0 atom stereocenters. The highest BCUT2D eigenvalue weighted by molar-refractivity contribution is 6.29. The molecule has 0 radical (unpaired) electrons. The molecule has 0 fully saturated rings. The summed E-state index contributed by atoms with van der Waals surface area (Å²) in [6.07, 6.45) is 1.50. The molecule has 0 bridgehead atoms. The van der Waals surface area contributed by atoms with Gasteiger partial charge in [0.1, 0.15) is 5.82 Å². The number of nitrogens with zero attached hydrogens (tertiary/aromatic N) is 4. The first kappa shape index (κ1) is 12.6. The Hall–Kier alpha value is -2.45. The van der Waals surface area contributed by atoms with Crippen LogP contribution >= 0.6 is 11.6 Å². The first-order valence-corrected chi connectivity index (χ1v) is 6.19. The van der Waals surface area contributed by atoms with E-state index in [0.717, 1.165) is 5.69 Å². The van der Waals surface area contributed by atoms with Crippen molar-refractivity contribution >= 4 is 28.3 Å². The van der Waals surface area contributed by atoms with Crippen LogP contribution in [0.4, 0.5) is 10.1 Å². The maximum atomic E-state index is 13.3. The molecule has 3 aromatic rings. The predicted molar refractivity (Wildman–Crippen MR) is 74.3 cm³/mol. The third-order valence-electron chi connectivity index (χ3n) is 2.92. The molecule has 98 valence electrons. The number of fused-ring (bicyclic) bond motifs is 1.